The maximum Gasteiger partial charge on any atom is 0.268 e. The van der Waals surface area contributed by atoms with Gasteiger partial charge in [0.15, 0.2) is 0 Å². The van der Waals surface area contributed by atoms with Gasteiger partial charge < -0.3 is 15.0 Å². The Kier molecular flexibility index (Phi) is 5.95. The molecule has 0 bridgehead atoms. The van der Waals surface area contributed by atoms with Crippen LogP contribution in [0.3, 0.4) is 0 Å². The maximum absolute atomic E-state index is 12.1. The highest BCUT2D eigenvalue weighted by molar-refractivity contribution is 5.92. The van der Waals surface area contributed by atoms with Crippen molar-refractivity contribution >= 4 is 5.91 Å². The number of carbonyl (C=O) groups excluding carboxylic acids is 1. The zero-order chi connectivity index (χ0) is 15.2. The van der Waals surface area contributed by atoms with Crippen molar-refractivity contribution in [1.29, 1.82) is 0 Å². The van der Waals surface area contributed by atoms with E-state index in [2.05, 4.69) is 5.32 Å². The van der Waals surface area contributed by atoms with Crippen LogP contribution in [0.4, 0.5) is 0 Å². The third kappa shape index (κ3) is 4.20. The van der Waals surface area contributed by atoms with Gasteiger partial charge in [0.05, 0.1) is 5.60 Å². The summed E-state index contributed by atoms with van der Waals surface area (Å²) < 4.78 is 1.30. The quantitative estimate of drug-likeness (QED) is 0.794. The van der Waals surface area contributed by atoms with Crippen LogP contribution < -0.4 is 10.9 Å². The summed E-state index contributed by atoms with van der Waals surface area (Å²) in [5.41, 5.74) is -0.796. The number of aromatic nitrogens is 1. The fourth-order valence-electron chi connectivity index (χ4n) is 2.36. The van der Waals surface area contributed by atoms with Crippen LogP contribution in [0.5, 0.6) is 0 Å². The topological polar surface area (TPSA) is 71.3 Å². The number of hydrogen-bond acceptors (Lipinski definition) is 3. The Hall–Kier alpha value is -1.62. The Labute approximate surface area is 119 Å². The molecule has 0 atom stereocenters. The van der Waals surface area contributed by atoms with Gasteiger partial charge in [0.1, 0.15) is 5.69 Å². The molecule has 1 rings (SSSR count). The van der Waals surface area contributed by atoms with Gasteiger partial charge in [-0.2, -0.15) is 0 Å². The van der Waals surface area contributed by atoms with E-state index in [1.165, 1.54) is 10.6 Å². The third-order valence-corrected chi connectivity index (χ3v) is 3.43. The van der Waals surface area contributed by atoms with Crippen LogP contribution in [0.25, 0.3) is 0 Å². The summed E-state index contributed by atoms with van der Waals surface area (Å²) in [5.74, 6) is -0.337. The van der Waals surface area contributed by atoms with E-state index in [9.17, 15) is 14.7 Å². The fraction of sp³-hybridized carbons (Fsp3) is 0.600. The molecule has 2 N–H and O–H groups in total. The summed E-state index contributed by atoms with van der Waals surface area (Å²) in [6, 6.07) is 4.55. The van der Waals surface area contributed by atoms with Gasteiger partial charge in [0.25, 0.3) is 11.5 Å². The molecule has 20 heavy (non-hydrogen) atoms. The van der Waals surface area contributed by atoms with E-state index < -0.39 is 5.60 Å². The summed E-state index contributed by atoms with van der Waals surface area (Å²) in [5, 5.41) is 13.2. The molecule has 0 unspecified atom stereocenters. The van der Waals surface area contributed by atoms with Gasteiger partial charge in [0.2, 0.25) is 0 Å². The molecule has 1 heterocycles. The van der Waals surface area contributed by atoms with E-state index in [0.717, 1.165) is 12.8 Å². The van der Waals surface area contributed by atoms with Crippen molar-refractivity contribution in [3.05, 3.63) is 34.2 Å². The van der Waals surface area contributed by atoms with Crippen LogP contribution >= 0.6 is 0 Å². The number of amides is 1. The average Bonchev–Trinajstić information content (AvgIpc) is 2.40. The summed E-state index contributed by atoms with van der Waals surface area (Å²) in [6.45, 7) is 4.21. The van der Waals surface area contributed by atoms with Crippen LogP contribution in [-0.4, -0.2) is 27.7 Å². The maximum atomic E-state index is 12.1. The zero-order valence-corrected chi connectivity index (χ0v) is 12.5. The van der Waals surface area contributed by atoms with Gasteiger partial charge in [-0.1, -0.05) is 32.8 Å². The van der Waals surface area contributed by atoms with Gasteiger partial charge in [-0.3, -0.25) is 9.59 Å². The van der Waals surface area contributed by atoms with Crippen molar-refractivity contribution in [3.8, 4) is 0 Å². The molecule has 1 aromatic heterocycles. The lowest BCUT2D eigenvalue weighted by Gasteiger charge is -2.27. The largest absolute Gasteiger partial charge is 0.388 e. The van der Waals surface area contributed by atoms with E-state index in [4.69, 9.17) is 0 Å². The number of rotatable bonds is 7. The lowest BCUT2D eigenvalue weighted by molar-refractivity contribution is 0.0212. The fourth-order valence-corrected chi connectivity index (χ4v) is 2.36. The number of aliphatic hydroxyl groups is 1. The van der Waals surface area contributed by atoms with Crippen molar-refractivity contribution < 1.29 is 9.90 Å². The van der Waals surface area contributed by atoms with E-state index in [0.29, 0.717) is 18.5 Å². The molecule has 0 aliphatic carbocycles. The molecule has 1 amide bonds. The highest BCUT2D eigenvalue weighted by atomic mass is 16.3. The smallest absolute Gasteiger partial charge is 0.268 e. The highest BCUT2D eigenvalue weighted by Gasteiger charge is 2.25. The van der Waals surface area contributed by atoms with Crippen molar-refractivity contribution in [2.75, 3.05) is 6.54 Å². The molecule has 5 heteroatoms. The zero-order valence-electron chi connectivity index (χ0n) is 12.5. The molecule has 0 aliphatic rings. The van der Waals surface area contributed by atoms with Crippen molar-refractivity contribution in [2.45, 2.75) is 45.1 Å². The molecule has 0 saturated heterocycles. The molecule has 5 nitrogen and oxygen atoms in total. The van der Waals surface area contributed by atoms with Crippen molar-refractivity contribution in [1.82, 2.24) is 9.88 Å². The average molecular weight is 280 g/mol. The first-order valence-corrected chi connectivity index (χ1v) is 7.10. The number of nitrogens with one attached hydrogen (secondary N) is 1. The first-order chi connectivity index (χ1) is 9.43. The molecular weight excluding hydrogens is 256 g/mol. The van der Waals surface area contributed by atoms with Crippen molar-refractivity contribution in [2.24, 2.45) is 7.05 Å². The summed E-state index contributed by atoms with van der Waals surface area (Å²) in [4.78, 5) is 23.6. The minimum absolute atomic E-state index is 0.205. The van der Waals surface area contributed by atoms with E-state index in [1.54, 1.807) is 19.2 Å². The SMILES string of the molecule is CCCC(O)(CCC)CNC(=O)c1cccc(=O)n1C. The second kappa shape index (κ2) is 7.24. The van der Waals surface area contributed by atoms with E-state index in [-0.39, 0.29) is 18.0 Å². The van der Waals surface area contributed by atoms with E-state index >= 15 is 0 Å². The number of hydrogen-bond donors (Lipinski definition) is 2. The first kappa shape index (κ1) is 16.4. The molecular formula is C15H24N2O3. The van der Waals surface area contributed by atoms with Crippen LogP contribution in [0.1, 0.15) is 50.0 Å². The first-order valence-electron chi connectivity index (χ1n) is 7.10. The minimum Gasteiger partial charge on any atom is -0.388 e. The number of pyridine rings is 1. The molecule has 0 saturated carbocycles. The van der Waals surface area contributed by atoms with Gasteiger partial charge >= 0.3 is 0 Å². The Morgan fingerprint density at radius 2 is 1.90 bits per heavy atom. The molecule has 0 spiro atoms. The Balaban J connectivity index is 2.75. The predicted molar refractivity (Wildman–Crippen MR) is 78.8 cm³/mol. The monoisotopic (exact) mass is 280 g/mol. The molecule has 0 fully saturated rings. The summed E-state index contributed by atoms with van der Waals surface area (Å²) in [6.07, 6.45) is 3.01. The van der Waals surface area contributed by atoms with Crippen molar-refractivity contribution in [3.63, 3.8) is 0 Å². The van der Waals surface area contributed by atoms with Gasteiger partial charge in [-0.25, -0.2) is 0 Å². The van der Waals surface area contributed by atoms with Crippen LogP contribution in [0.2, 0.25) is 0 Å². The number of nitrogens with zero attached hydrogens (tertiary/aromatic N) is 1. The van der Waals surface area contributed by atoms with Crippen LogP contribution in [0.15, 0.2) is 23.0 Å². The number of carbonyl (C=O) groups is 1. The summed E-state index contributed by atoms with van der Waals surface area (Å²) >= 11 is 0. The predicted octanol–water partition coefficient (Wildman–Crippen LogP) is 1.45. The Bertz CT molecular complexity index is 502. The third-order valence-electron chi connectivity index (χ3n) is 3.43. The lowest BCUT2D eigenvalue weighted by Crippen LogP contribution is -2.43. The standard InChI is InChI=1S/C15H24N2O3/c1-4-9-15(20,10-5-2)11-16-14(19)12-7-6-8-13(18)17(12)3/h6-8,20H,4-5,9-11H2,1-3H3,(H,16,19). The Morgan fingerprint density at radius 3 is 2.45 bits per heavy atom. The van der Waals surface area contributed by atoms with Gasteiger partial charge in [-0.05, 0) is 18.9 Å². The molecule has 0 aromatic carbocycles. The van der Waals surface area contributed by atoms with Crippen LogP contribution in [-0.2, 0) is 7.05 Å². The highest BCUT2D eigenvalue weighted by Crippen LogP contribution is 2.18. The van der Waals surface area contributed by atoms with E-state index in [1.807, 2.05) is 13.8 Å². The molecule has 112 valence electrons. The molecule has 1 aromatic rings. The van der Waals surface area contributed by atoms with Gasteiger partial charge in [-0.15, -0.1) is 0 Å². The second-order valence-electron chi connectivity index (χ2n) is 5.22. The lowest BCUT2D eigenvalue weighted by atomic mass is 9.92. The minimum atomic E-state index is -0.868. The van der Waals surface area contributed by atoms with Crippen LogP contribution in [0, 0.1) is 0 Å². The Morgan fingerprint density at radius 1 is 1.30 bits per heavy atom. The molecule has 0 aliphatic heterocycles. The normalized spacial score (nSPS) is 11.4. The summed E-state index contributed by atoms with van der Waals surface area (Å²) in [7, 11) is 1.56. The second-order valence-corrected chi connectivity index (χ2v) is 5.22. The molecule has 0 radical (unpaired) electrons. The van der Waals surface area contributed by atoms with Gasteiger partial charge in [0, 0.05) is 19.7 Å².